The minimum Gasteiger partial charge on any atom is -0.339 e. The fourth-order valence-electron chi connectivity index (χ4n) is 3.47. The first-order valence-electron chi connectivity index (χ1n) is 8.42. The molecule has 0 unspecified atom stereocenters. The van der Waals surface area contributed by atoms with E-state index < -0.39 is 0 Å². The van der Waals surface area contributed by atoms with Gasteiger partial charge in [-0.05, 0) is 43.7 Å². The van der Waals surface area contributed by atoms with Crippen molar-refractivity contribution < 1.29 is 8.91 Å². The molecule has 0 radical (unpaired) electrons. The first kappa shape index (κ1) is 16.4. The SMILES string of the molecule is CCCC1CCC(c2nc(Cc3c(F)cccc3Cl)no2)CC1. The Hall–Kier alpha value is -1.42. The van der Waals surface area contributed by atoms with Crippen LogP contribution in [-0.4, -0.2) is 10.1 Å². The van der Waals surface area contributed by atoms with Crippen molar-refractivity contribution in [3.8, 4) is 0 Å². The zero-order chi connectivity index (χ0) is 16.2. The van der Waals surface area contributed by atoms with Gasteiger partial charge < -0.3 is 4.52 Å². The third-order valence-electron chi connectivity index (χ3n) is 4.77. The van der Waals surface area contributed by atoms with E-state index in [1.54, 1.807) is 12.1 Å². The second-order valence-corrected chi connectivity index (χ2v) is 6.84. The number of hydrogen-bond donors (Lipinski definition) is 0. The Morgan fingerprint density at radius 2 is 2.04 bits per heavy atom. The van der Waals surface area contributed by atoms with Crippen molar-refractivity contribution in [2.24, 2.45) is 5.92 Å². The van der Waals surface area contributed by atoms with Gasteiger partial charge in [0.25, 0.3) is 0 Å². The molecule has 124 valence electrons. The summed E-state index contributed by atoms with van der Waals surface area (Å²) in [5, 5.41) is 4.41. The van der Waals surface area contributed by atoms with Crippen molar-refractivity contribution in [1.29, 1.82) is 0 Å². The molecule has 0 spiro atoms. The van der Waals surface area contributed by atoms with Crippen LogP contribution in [0, 0.1) is 11.7 Å². The van der Waals surface area contributed by atoms with Gasteiger partial charge in [0.15, 0.2) is 5.82 Å². The van der Waals surface area contributed by atoms with Crippen molar-refractivity contribution in [2.45, 2.75) is 57.8 Å². The lowest BCUT2D eigenvalue weighted by Gasteiger charge is -2.25. The van der Waals surface area contributed by atoms with Gasteiger partial charge >= 0.3 is 0 Å². The number of rotatable bonds is 5. The van der Waals surface area contributed by atoms with E-state index in [4.69, 9.17) is 16.1 Å². The molecule has 5 heteroatoms. The second kappa shape index (κ2) is 7.43. The molecular formula is C18H22ClFN2O. The Labute approximate surface area is 141 Å². The highest BCUT2D eigenvalue weighted by Crippen LogP contribution is 2.36. The van der Waals surface area contributed by atoms with Crippen molar-refractivity contribution >= 4 is 11.6 Å². The normalized spacial score (nSPS) is 21.5. The molecule has 0 atom stereocenters. The third kappa shape index (κ3) is 3.92. The quantitative estimate of drug-likeness (QED) is 0.720. The molecular weight excluding hydrogens is 315 g/mol. The molecule has 2 aromatic rings. The molecule has 1 saturated carbocycles. The van der Waals surface area contributed by atoms with Gasteiger partial charge in [-0.15, -0.1) is 0 Å². The highest BCUT2D eigenvalue weighted by molar-refractivity contribution is 6.31. The average Bonchev–Trinajstić information content (AvgIpc) is 3.01. The molecule has 1 aliphatic rings. The van der Waals surface area contributed by atoms with Gasteiger partial charge in [0.1, 0.15) is 5.82 Å². The van der Waals surface area contributed by atoms with Crippen LogP contribution in [0.15, 0.2) is 22.7 Å². The first-order chi connectivity index (χ1) is 11.2. The van der Waals surface area contributed by atoms with Crippen LogP contribution < -0.4 is 0 Å². The Balaban J connectivity index is 1.65. The molecule has 1 aliphatic carbocycles. The summed E-state index contributed by atoms with van der Waals surface area (Å²) in [6, 6.07) is 4.67. The molecule has 1 aromatic carbocycles. The minimum absolute atomic E-state index is 0.264. The summed E-state index contributed by atoms with van der Waals surface area (Å²) in [6.07, 6.45) is 7.50. The van der Waals surface area contributed by atoms with Crippen LogP contribution in [0.4, 0.5) is 4.39 Å². The number of benzene rings is 1. The fourth-order valence-corrected chi connectivity index (χ4v) is 3.70. The lowest BCUT2D eigenvalue weighted by Crippen LogP contribution is -2.13. The van der Waals surface area contributed by atoms with E-state index in [1.165, 1.54) is 31.7 Å². The molecule has 0 saturated heterocycles. The minimum atomic E-state index is -0.330. The van der Waals surface area contributed by atoms with Gasteiger partial charge in [-0.2, -0.15) is 4.98 Å². The Bertz CT molecular complexity index is 630. The Morgan fingerprint density at radius 3 is 2.74 bits per heavy atom. The highest BCUT2D eigenvalue weighted by atomic mass is 35.5. The molecule has 1 aromatic heterocycles. The smallest absolute Gasteiger partial charge is 0.229 e. The fraction of sp³-hybridized carbons (Fsp3) is 0.556. The summed E-state index contributed by atoms with van der Waals surface area (Å²) >= 11 is 6.05. The van der Waals surface area contributed by atoms with Crippen LogP contribution >= 0.6 is 11.6 Å². The zero-order valence-electron chi connectivity index (χ0n) is 13.4. The molecule has 3 rings (SSSR count). The maximum Gasteiger partial charge on any atom is 0.229 e. The second-order valence-electron chi connectivity index (χ2n) is 6.43. The molecule has 3 nitrogen and oxygen atoms in total. The summed E-state index contributed by atoms with van der Waals surface area (Å²) < 4.78 is 19.3. The topological polar surface area (TPSA) is 38.9 Å². The highest BCUT2D eigenvalue weighted by Gasteiger charge is 2.26. The summed E-state index contributed by atoms with van der Waals surface area (Å²) in [5.74, 6) is 2.06. The first-order valence-corrected chi connectivity index (χ1v) is 8.80. The zero-order valence-corrected chi connectivity index (χ0v) is 14.2. The van der Waals surface area contributed by atoms with Crippen molar-refractivity contribution in [3.63, 3.8) is 0 Å². The lowest BCUT2D eigenvalue weighted by molar-refractivity contribution is 0.262. The van der Waals surface area contributed by atoms with Crippen LogP contribution in [0.3, 0.4) is 0 Å². The summed E-state index contributed by atoms with van der Waals surface area (Å²) in [6.45, 7) is 2.24. The van der Waals surface area contributed by atoms with Crippen LogP contribution in [0.2, 0.25) is 5.02 Å². The summed E-state index contributed by atoms with van der Waals surface area (Å²) in [5.41, 5.74) is 0.424. The average molecular weight is 337 g/mol. The van der Waals surface area contributed by atoms with Gasteiger partial charge in [0.05, 0.1) is 0 Å². The van der Waals surface area contributed by atoms with Crippen LogP contribution in [0.5, 0.6) is 0 Å². The monoisotopic (exact) mass is 336 g/mol. The molecule has 0 aliphatic heterocycles. The number of halogens is 2. The molecule has 0 bridgehead atoms. The molecule has 0 amide bonds. The largest absolute Gasteiger partial charge is 0.339 e. The van der Waals surface area contributed by atoms with E-state index in [1.807, 2.05) is 0 Å². The lowest BCUT2D eigenvalue weighted by atomic mass is 9.80. The van der Waals surface area contributed by atoms with Gasteiger partial charge in [-0.25, -0.2) is 4.39 Å². The van der Waals surface area contributed by atoms with E-state index in [2.05, 4.69) is 17.1 Å². The molecule has 0 N–H and O–H groups in total. The van der Waals surface area contributed by atoms with Gasteiger partial charge in [0, 0.05) is 22.9 Å². The number of nitrogens with zero attached hydrogens (tertiary/aromatic N) is 2. The van der Waals surface area contributed by atoms with Crippen molar-refractivity contribution in [1.82, 2.24) is 10.1 Å². The van der Waals surface area contributed by atoms with Crippen LogP contribution in [0.1, 0.15) is 68.6 Å². The molecule has 1 fully saturated rings. The van der Waals surface area contributed by atoms with Gasteiger partial charge in [-0.1, -0.05) is 42.6 Å². The number of hydrogen-bond acceptors (Lipinski definition) is 3. The van der Waals surface area contributed by atoms with Crippen LogP contribution in [-0.2, 0) is 6.42 Å². The van der Waals surface area contributed by atoms with Crippen molar-refractivity contribution in [3.05, 3.63) is 46.3 Å². The summed E-state index contributed by atoms with van der Waals surface area (Å²) in [7, 11) is 0. The van der Waals surface area contributed by atoms with Gasteiger partial charge in [0.2, 0.25) is 5.89 Å². The summed E-state index contributed by atoms with van der Waals surface area (Å²) in [4.78, 5) is 4.48. The standard InChI is InChI=1S/C18H22ClFN2O/c1-2-4-12-7-9-13(10-8-12)18-21-17(22-23-18)11-14-15(19)5-3-6-16(14)20/h3,5-6,12-13H,2,4,7-11H2,1H3. The van der Waals surface area contributed by atoms with E-state index in [0.717, 1.165) is 18.8 Å². The van der Waals surface area contributed by atoms with Crippen LogP contribution in [0.25, 0.3) is 0 Å². The predicted octanol–water partition coefficient (Wildman–Crippen LogP) is 5.53. The molecule has 1 heterocycles. The maximum absolute atomic E-state index is 13.8. The number of aromatic nitrogens is 2. The third-order valence-corrected chi connectivity index (χ3v) is 5.13. The predicted molar refractivity (Wildman–Crippen MR) is 88.1 cm³/mol. The van der Waals surface area contributed by atoms with Crippen molar-refractivity contribution in [2.75, 3.05) is 0 Å². The Morgan fingerprint density at radius 1 is 1.26 bits per heavy atom. The van der Waals surface area contributed by atoms with E-state index in [-0.39, 0.29) is 12.2 Å². The Kier molecular flexibility index (Phi) is 5.31. The van der Waals surface area contributed by atoms with Gasteiger partial charge in [-0.3, -0.25) is 0 Å². The van der Waals surface area contributed by atoms with E-state index in [9.17, 15) is 4.39 Å². The maximum atomic E-state index is 13.8. The molecule has 23 heavy (non-hydrogen) atoms. The van der Waals surface area contributed by atoms with E-state index in [0.29, 0.717) is 28.2 Å². The van der Waals surface area contributed by atoms with E-state index >= 15 is 0 Å².